The quantitative estimate of drug-likeness (QED) is 0.861. The molecule has 142 valence electrons. The summed E-state index contributed by atoms with van der Waals surface area (Å²) in [7, 11) is 4.01. The fraction of sp³-hybridized carbons (Fsp3) is 0.571. The first kappa shape index (κ1) is 18.9. The summed E-state index contributed by atoms with van der Waals surface area (Å²) in [6, 6.07) is 8.44. The van der Waals surface area contributed by atoms with E-state index in [9.17, 15) is 4.79 Å². The number of piperidine rings is 1. The predicted molar refractivity (Wildman–Crippen MR) is 105 cm³/mol. The second-order valence-electron chi connectivity index (χ2n) is 7.95. The molecule has 1 aliphatic rings. The first-order valence-electron chi connectivity index (χ1n) is 9.63. The van der Waals surface area contributed by atoms with E-state index in [-0.39, 0.29) is 5.91 Å². The first-order valence-corrected chi connectivity index (χ1v) is 9.63. The van der Waals surface area contributed by atoms with Crippen LogP contribution in [0.15, 0.2) is 28.7 Å². The van der Waals surface area contributed by atoms with E-state index in [0.717, 1.165) is 23.1 Å². The number of fused-ring (bicyclic) bond motifs is 1. The topological polar surface area (TPSA) is 48.7 Å². The number of carbonyl (C=O) groups is 1. The van der Waals surface area contributed by atoms with E-state index < -0.39 is 0 Å². The number of nitrogens with one attached hydrogen (secondary N) is 1. The zero-order valence-electron chi connectivity index (χ0n) is 16.4. The molecule has 1 saturated heterocycles. The molecule has 1 N–H and O–H groups in total. The number of carbonyl (C=O) groups excluding carboxylic acids is 1. The molecule has 0 aliphatic carbocycles. The van der Waals surface area contributed by atoms with Gasteiger partial charge in [0.25, 0.3) is 5.91 Å². The Morgan fingerprint density at radius 1 is 1.35 bits per heavy atom. The van der Waals surface area contributed by atoms with Gasteiger partial charge in [0, 0.05) is 36.6 Å². The molecular formula is C21H31N3O2. The SMILES string of the molecule is CC(C)N1CCCC(CNC(=O)c2oc3ccccc3c2CN(C)C)C1. The van der Waals surface area contributed by atoms with Gasteiger partial charge in [0.15, 0.2) is 5.76 Å². The van der Waals surface area contributed by atoms with Crippen LogP contribution in [0.3, 0.4) is 0 Å². The van der Waals surface area contributed by atoms with E-state index in [0.29, 0.717) is 30.8 Å². The molecule has 1 aromatic carbocycles. The summed E-state index contributed by atoms with van der Waals surface area (Å²) < 4.78 is 5.91. The Morgan fingerprint density at radius 2 is 2.12 bits per heavy atom. The Morgan fingerprint density at radius 3 is 2.85 bits per heavy atom. The number of furan rings is 1. The molecule has 0 spiro atoms. The highest BCUT2D eigenvalue weighted by Crippen LogP contribution is 2.27. The summed E-state index contributed by atoms with van der Waals surface area (Å²) in [6.45, 7) is 8.10. The Hall–Kier alpha value is -1.85. The summed E-state index contributed by atoms with van der Waals surface area (Å²) in [5, 5.41) is 4.15. The van der Waals surface area contributed by atoms with Gasteiger partial charge in [-0.25, -0.2) is 0 Å². The molecule has 0 bridgehead atoms. The molecule has 1 aliphatic heterocycles. The minimum absolute atomic E-state index is 0.0975. The number of amides is 1. The van der Waals surface area contributed by atoms with Gasteiger partial charge in [-0.3, -0.25) is 4.79 Å². The molecule has 2 heterocycles. The molecule has 26 heavy (non-hydrogen) atoms. The summed E-state index contributed by atoms with van der Waals surface area (Å²) in [6.07, 6.45) is 2.38. The molecule has 1 fully saturated rings. The number of para-hydroxylation sites is 1. The van der Waals surface area contributed by atoms with Crippen LogP contribution in [-0.4, -0.2) is 55.5 Å². The zero-order chi connectivity index (χ0) is 18.7. The van der Waals surface area contributed by atoms with Crippen LogP contribution in [0.4, 0.5) is 0 Å². The van der Waals surface area contributed by atoms with Gasteiger partial charge in [-0.2, -0.15) is 0 Å². The van der Waals surface area contributed by atoms with Crippen LogP contribution in [0.1, 0.15) is 42.8 Å². The molecule has 1 unspecified atom stereocenters. The lowest BCUT2D eigenvalue weighted by Crippen LogP contribution is -2.43. The van der Waals surface area contributed by atoms with Crippen LogP contribution < -0.4 is 5.32 Å². The Kier molecular flexibility index (Phi) is 5.99. The highest BCUT2D eigenvalue weighted by atomic mass is 16.3. The lowest BCUT2D eigenvalue weighted by atomic mass is 9.97. The van der Waals surface area contributed by atoms with Crippen molar-refractivity contribution in [2.24, 2.45) is 5.92 Å². The number of benzene rings is 1. The molecule has 1 amide bonds. The number of nitrogens with zero attached hydrogens (tertiary/aromatic N) is 2. The van der Waals surface area contributed by atoms with Gasteiger partial charge in [0.05, 0.1) is 0 Å². The Balaban J connectivity index is 1.71. The molecule has 1 aromatic heterocycles. The van der Waals surface area contributed by atoms with Gasteiger partial charge >= 0.3 is 0 Å². The van der Waals surface area contributed by atoms with Crippen LogP contribution in [0.2, 0.25) is 0 Å². The number of rotatable bonds is 6. The molecule has 2 aromatic rings. The fourth-order valence-electron chi connectivity index (χ4n) is 3.81. The third-order valence-corrected chi connectivity index (χ3v) is 5.21. The minimum atomic E-state index is -0.0975. The predicted octanol–water partition coefficient (Wildman–Crippen LogP) is 3.34. The van der Waals surface area contributed by atoms with Crippen molar-refractivity contribution in [1.29, 1.82) is 0 Å². The van der Waals surface area contributed by atoms with Crippen LogP contribution >= 0.6 is 0 Å². The van der Waals surface area contributed by atoms with Crippen LogP contribution in [0.5, 0.6) is 0 Å². The number of likely N-dealkylation sites (tertiary alicyclic amines) is 1. The fourth-order valence-corrected chi connectivity index (χ4v) is 3.81. The van der Waals surface area contributed by atoms with Crippen molar-refractivity contribution in [3.63, 3.8) is 0 Å². The highest BCUT2D eigenvalue weighted by molar-refractivity contribution is 5.99. The zero-order valence-corrected chi connectivity index (χ0v) is 16.4. The second-order valence-corrected chi connectivity index (χ2v) is 7.95. The van der Waals surface area contributed by atoms with Gasteiger partial charge in [-0.1, -0.05) is 18.2 Å². The monoisotopic (exact) mass is 357 g/mol. The van der Waals surface area contributed by atoms with Crippen molar-refractivity contribution >= 4 is 16.9 Å². The minimum Gasteiger partial charge on any atom is -0.451 e. The highest BCUT2D eigenvalue weighted by Gasteiger charge is 2.24. The molecule has 0 radical (unpaired) electrons. The van der Waals surface area contributed by atoms with E-state index in [1.807, 2.05) is 38.4 Å². The van der Waals surface area contributed by atoms with Crippen LogP contribution in [0.25, 0.3) is 11.0 Å². The van der Waals surface area contributed by atoms with Gasteiger partial charge < -0.3 is 19.5 Å². The maximum Gasteiger partial charge on any atom is 0.287 e. The van der Waals surface area contributed by atoms with Crippen molar-refractivity contribution in [2.45, 2.75) is 39.3 Å². The van der Waals surface area contributed by atoms with Gasteiger partial charge in [0.1, 0.15) is 5.58 Å². The van der Waals surface area contributed by atoms with Crippen molar-refractivity contribution in [3.8, 4) is 0 Å². The van der Waals surface area contributed by atoms with Crippen molar-refractivity contribution in [1.82, 2.24) is 15.1 Å². The van der Waals surface area contributed by atoms with Crippen molar-refractivity contribution in [2.75, 3.05) is 33.7 Å². The molecule has 1 atom stereocenters. The Bertz CT molecular complexity index is 751. The summed E-state index contributed by atoms with van der Waals surface area (Å²) >= 11 is 0. The summed E-state index contributed by atoms with van der Waals surface area (Å²) in [5.74, 6) is 0.868. The van der Waals surface area contributed by atoms with Gasteiger partial charge in [-0.15, -0.1) is 0 Å². The van der Waals surface area contributed by atoms with E-state index in [4.69, 9.17) is 4.42 Å². The van der Waals surface area contributed by atoms with Crippen LogP contribution in [0, 0.1) is 5.92 Å². The third-order valence-electron chi connectivity index (χ3n) is 5.21. The molecule has 3 rings (SSSR count). The van der Waals surface area contributed by atoms with E-state index in [1.165, 1.54) is 19.4 Å². The normalized spacial score (nSPS) is 18.8. The first-order chi connectivity index (χ1) is 12.5. The maximum absolute atomic E-state index is 12.8. The maximum atomic E-state index is 12.8. The lowest BCUT2D eigenvalue weighted by Gasteiger charge is -2.35. The molecule has 0 saturated carbocycles. The average molecular weight is 357 g/mol. The lowest BCUT2D eigenvalue weighted by molar-refractivity contribution is 0.0895. The molecule has 5 heteroatoms. The van der Waals surface area contributed by atoms with Crippen molar-refractivity contribution < 1.29 is 9.21 Å². The number of hydrogen-bond acceptors (Lipinski definition) is 4. The third kappa shape index (κ3) is 4.27. The Labute approximate surface area is 156 Å². The standard InChI is InChI=1S/C21H31N3O2/c1-15(2)24-11-7-8-16(13-24)12-22-21(25)20-18(14-23(3)4)17-9-5-6-10-19(17)26-20/h5-6,9-10,15-16H,7-8,11-14H2,1-4H3,(H,22,25). The second kappa shape index (κ2) is 8.23. The van der Waals surface area contributed by atoms with Crippen molar-refractivity contribution in [3.05, 3.63) is 35.6 Å². The van der Waals surface area contributed by atoms with Crippen LogP contribution in [-0.2, 0) is 6.54 Å². The van der Waals surface area contributed by atoms with E-state index in [2.05, 4.69) is 29.0 Å². The van der Waals surface area contributed by atoms with E-state index >= 15 is 0 Å². The molecule has 5 nitrogen and oxygen atoms in total. The summed E-state index contributed by atoms with van der Waals surface area (Å²) in [5.41, 5.74) is 1.74. The smallest absolute Gasteiger partial charge is 0.287 e. The van der Waals surface area contributed by atoms with Gasteiger partial charge in [-0.05, 0) is 59.3 Å². The largest absolute Gasteiger partial charge is 0.451 e. The van der Waals surface area contributed by atoms with Gasteiger partial charge in [0.2, 0.25) is 0 Å². The number of hydrogen-bond donors (Lipinski definition) is 1. The average Bonchev–Trinajstić information content (AvgIpc) is 2.98. The molecular weight excluding hydrogens is 326 g/mol. The van der Waals surface area contributed by atoms with E-state index in [1.54, 1.807) is 0 Å². The summed E-state index contributed by atoms with van der Waals surface area (Å²) in [4.78, 5) is 17.4.